The molecule has 1 aromatic rings. The van der Waals surface area contributed by atoms with E-state index in [0.717, 1.165) is 12.0 Å². The van der Waals surface area contributed by atoms with E-state index in [4.69, 9.17) is 0 Å². The molecule has 1 aromatic carbocycles. The number of sulfone groups is 1. The van der Waals surface area contributed by atoms with Crippen molar-refractivity contribution in [3.05, 3.63) is 35.6 Å². The Kier molecular flexibility index (Phi) is 5.71. The van der Waals surface area contributed by atoms with Crippen LogP contribution < -0.4 is 5.32 Å². The highest BCUT2D eigenvalue weighted by atomic mass is 32.2. The van der Waals surface area contributed by atoms with Crippen LogP contribution in [0.3, 0.4) is 0 Å². The van der Waals surface area contributed by atoms with Crippen LogP contribution in [0.1, 0.15) is 33.3 Å². The van der Waals surface area contributed by atoms with Crippen molar-refractivity contribution >= 4 is 9.84 Å². The van der Waals surface area contributed by atoms with Gasteiger partial charge >= 0.3 is 0 Å². The summed E-state index contributed by atoms with van der Waals surface area (Å²) in [4.78, 5) is 0. The van der Waals surface area contributed by atoms with Crippen molar-refractivity contribution in [3.63, 3.8) is 0 Å². The minimum Gasteiger partial charge on any atom is -0.313 e. The summed E-state index contributed by atoms with van der Waals surface area (Å²) in [5.41, 5.74) is 1.03. The third kappa shape index (κ3) is 5.21. The fraction of sp³-hybridized carbons (Fsp3) is 0.600. The second-order valence-electron chi connectivity index (χ2n) is 6.12. The minimum absolute atomic E-state index is 0.129. The average molecular weight is 301 g/mol. The predicted octanol–water partition coefficient (Wildman–Crippen LogP) is 2.56. The van der Waals surface area contributed by atoms with Crippen LogP contribution in [0.25, 0.3) is 0 Å². The molecule has 0 saturated carbocycles. The summed E-state index contributed by atoms with van der Waals surface area (Å²) in [5, 5.41) is 3.20. The van der Waals surface area contributed by atoms with Gasteiger partial charge in [0.15, 0.2) is 9.84 Å². The molecule has 0 radical (unpaired) electrons. The molecule has 1 atom stereocenters. The van der Waals surface area contributed by atoms with Crippen LogP contribution in [0.2, 0.25) is 0 Å². The molecule has 0 bridgehead atoms. The minimum atomic E-state index is -3.08. The van der Waals surface area contributed by atoms with E-state index in [0.29, 0.717) is 6.54 Å². The Balaban J connectivity index is 2.41. The molecule has 0 spiro atoms. The van der Waals surface area contributed by atoms with Gasteiger partial charge in [0.05, 0.1) is 10.5 Å². The predicted molar refractivity (Wildman–Crippen MR) is 81.1 cm³/mol. The fourth-order valence-corrected chi connectivity index (χ4v) is 2.79. The Morgan fingerprint density at radius 3 is 2.25 bits per heavy atom. The van der Waals surface area contributed by atoms with Crippen LogP contribution in [0.5, 0.6) is 0 Å². The van der Waals surface area contributed by atoms with Crippen molar-refractivity contribution in [1.29, 1.82) is 0 Å². The van der Waals surface area contributed by atoms with Gasteiger partial charge in [0.1, 0.15) is 5.82 Å². The van der Waals surface area contributed by atoms with Gasteiger partial charge in [-0.05, 0) is 51.8 Å². The maximum absolute atomic E-state index is 12.8. The molecule has 0 aromatic heterocycles. The SMILES string of the molecule is CC(Cc1ccc(F)cc1)NCCS(=O)(=O)C(C)(C)C. The van der Waals surface area contributed by atoms with Crippen molar-refractivity contribution in [2.75, 3.05) is 12.3 Å². The van der Waals surface area contributed by atoms with E-state index >= 15 is 0 Å². The lowest BCUT2D eigenvalue weighted by atomic mass is 10.1. The van der Waals surface area contributed by atoms with Crippen molar-refractivity contribution in [2.24, 2.45) is 0 Å². The zero-order chi connectivity index (χ0) is 15.4. The molecule has 0 heterocycles. The normalized spacial score (nSPS) is 14.2. The number of nitrogens with one attached hydrogen (secondary N) is 1. The summed E-state index contributed by atoms with van der Waals surface area (Å²) >= 11 is 0. The fourth-order valence-electron chi connectivity index (χ4n) is 1.79. The Morgan fingerprint density at radius 1 is 1.20 bits per heavy atom. The zero-order valence-corrected chi connectivity index (χ0v) is 13.4. The molecule has 0 aliphatic rings. The van der Waals surface area contributed by atoms with Crippen molar-refractivity contribution in [1.82, 2.24) is 5.32 Å². The number of hydrogen-bond donors (Lipinski definition) is 1. The third-order valence-corrected chi connectivity index (χ3v) is 5.86. The van der Waals surface area contributed by atoms with Gasteiger partial charge in [-0.15, -0.1) is 0 Å². The smallest absolute Gasteiger partial charge is 0.156 e. The Hall–Kier alpha value is -0.940. The molecule has 20 heavy (non-hydrogen) atoms. The molecule has 1 rings (SSSR count). The second kappa shape index (κ2) is 6.68. The quantitative estimate of drug-likeness (QED) is 0.878. The third-order valence-electron chi connectivity index (χ3n) is 3.25. The maximum Gasteiger partial charge on any atom is 0.156 e. The number of rotatable bonds is 6. The maximum atomic E-state index is 12.8. The molecule has 0 fully saturated rings. The molecule has 0 aliphatic heterocycles. The van der Waals surface area contributed by atoms with Crippen molar-refractivity contribution < 1.29 is 12.8 Å². The van der Waals surface area contributed by atoms with E-state index in [9.17, 15) is 12.8 Å². The summed E-state index contributed by atoms with van der Waals surface area (Å²) in [7, 11) is -3.08. The van der Waals surface area contributed by atoms with Crippen LogP contribution in [0.15, 0.2) is 24.3 Å². The highest BCUT2D eigenvalue weighted by Crippen LogP contribution is 2.15. The standard InChI is InChI=1S/C15H24FNO2S/c1-12(11-13-5-7-14(16)8-6-13)17-9-10-20(18,19)15(2,3)4/h5-8,12,17H,9-11H2,1-4H3. The van der Waals surface area contributed by atoms with Crippen LogP contribution in [-0.2, 0) is 16.3 Å². The molecule has 5 heteroatoms. The lowest BCUT2D eigenvalue weighted by molar-refractivity contribution is 0.537. The van der Waals surface area contributed by atoms with E-state index in [2.05, 4.69) is 5.32 Å². The van der Waals surface area contributed by atoms with Crippen molar-refractivity contribution in [3.8, 4) is 0 Å². The summed E-state index contributed by atoms with van der Waals surface area (Å²) < 4.78 is 36.0. The van der Waals surface area contributed by atoms with Crippen LogP contribution >= 0.6 is 0 Å². The summed E-state index contributed by atoms with van der Waals surface area (Å²) in [6.45, 7) is 7.56. The largest absolute Gasteiger partial charge is 0.313 e. The molecular formula is C15H24FNO2S. The lowest BCUT2D eigenvalue weighted by Gasteiger charge is -2.20. The highest BCUT2D eigenvalue weighted by molar-refractivity contribution is 7.92. The van der Waals surface area contributed by atoms with E-state index in [-0.39, 0.29) is 17.6 Å². The summed E-state index contributed by atoms with van der Waals surface area (Å²) in [6.07, 6.45) is 0.746. The number of halogens is 1. The first kappa shape index (κ1) is 17.1. The van der Waals surface area contributed by atoms with E-state index < -0.39 is 14.6 Å². The Morgan fingerprint density at radius 2 is 1.75 bits per heavy atom. The zero-order valence-electron chi connectivity index (χ0n) is 12.6. The van der Waals surface area contributed by atoms with Crippen LogP contribution in [0, 0.1) is 5.82 Å². The molecule has 0 aliphatic carbocycles. The molecule has 0 amide bonds. The number of benzene rings is 1. The molecule has 3 nitrogen and oxygen atoms in total. The van der Waals surface area contributed by atoms with Gasteiger partial charge in [0.2, 0.25) is 0 Å². The molecular weight excluding hydrogens is 277 g/mol. The van der Waals surface area contributed by atoms with E-state index in [1.807, 2.05) is 6.92 Å². The number of hydrogen-bond acceptors (Lipinski definition) is 3. The topological polar surface area (TPSA) is 46.2 Å². The monoisotopic (exact) mass is 301 g/mol. The lowest BCUT2D eigenvalue weighted by Crippen LogP contribution is -2.37. The summed E-state index contributed by atoms with van der Waals surface area (Å²) in [6, 6.07) is 6.52. The Bertz CT molecular complexity index is 518. The second-order valence-corrected chi connectivity index (χ2v) is 8.98. The molecule has 114 valence electrons. The highest BCUT2D eigenvalue weighted by Gasteiger charge is 2.28. The van der Waals surface area contributed by atoms with Crippen LogP contribution in [0.4, 0.5) is 4.39 Å². The van der Waals surface area contributed by atoms with Gasteiger partial charge in [-0.3, -0.25) is 0 Å². The van der Waals surface area contributed by atoms with Gasteiger partial charge in [-0.2, -0.15) is 0 Å². The average Bonchev–Trinajstić information content (AvgIpc) is 2.30. The first-order chi connectivity index (χ1) is 9.12. The van der Waals surface area contributed by atoms with E-state index in [1.54, 1.807) is 32.9 Å². The van der Waals surface area contributed by atoms with E-state index in [1.165, 1.54) is 12.1 Å². The van der Waals surface area contributed by atoms with Gasteiger partial charge in [-0.25, -0.2) is 12.8 Å². The first-order valence-corrected chi connectivity index (χ1v) is 8.47. The summed E-state index contributed by atoms with van der Waals surface area (Å²) in [5.74, 6) is -0.116. The first-order valence-electron chi connectivity index (χ1n) is 6.82. The van der Waals surface area contributed by atoms with Gasteiger partial charge in [0, 0.05) is 12.6 Å². The van der Waals surface area contributed by atoms with Crippen LogP contribution in [-0.4, -0.2) is 31.5 Å². The van der Waals surface area contributed by atoms with Crippen molar-refractivity contribution in [2.45, 2.75) is 44.9 Å². The molecule has 1 unspecified atom stereocenters. The molecule has 1 N–H and O–H groups in total. The molecule has 0 saturated heterocycles. The van der Waals surface area contributed by atoms with Gasteiger partial charge < -0.3 is 5.32 Å². The van der Waals surface area contributed by atoms with Gasteiger partial charge in [-0.1, -0.05) is 12.1 Å². The van der Waals surface area contributed by atoms with Gasteiger partial charge in [0.25, 0.3) is 0 Å². The Labute approximate surface area is 121 Å².